The molecule has 1 saturated heterocycles. The standard InChI is InChI=1S/C21H27FN4O2/c22-15-5-7-17(8-6-15)28-20-9-12-23-21(25-20)24-16-10-13-26(14-11-16)18-3-1-2-4-19(18)27/h5-9,12,16,18-19,27H,1-4,10-11,13-14H2,(H,23,24,25). The molecule has 2 fully saturated rings. The van der Waals surface area contributed by atoms with Crippen LogP contribution in [0, 0.1) is 5.82 Å². The second kappa shape index (κ2) is 8.84. The topological polar surface area (TPSA) is 70.5 Å². The Morgan fingerprint density at radius 3 is 2.54 bits per heavy atom. The van der Waals surface area contributed by atoms with Gasteiger partial charge in [-0.1, -0.05) is 12.8 Å². The van der Waals surface area contributed by atoms with E-state index in [1.54, 1.807) is 24.4 Å². The third kappa shape index (κ3) is 4.77. The normalized spacial score (nSPS) is 24.1. The van der Waals surface area contributed by atoms with Crippen LogP contribution in [0.5, 0.6) is 11.6 Å². The fourth-order valence-corrected chi connectivity index (χ4v) is 4.17. The zero-order valence-electron chi connectivity index (χ0n) is 15.9. The fraction of sp³-hybridized carbons (Fsp3) is 0.524. The minimum Gasteiger partial charge on any atom is -0.439 e. The number of aliphatic hydroxyl groups is 1. The van der Waals surface area contributed by atoms with Crippen molar-refractivity contribution < 1.29 is 14.2 Å². The predicted molar refractivity (Wildman–Crippen MR) is 105 cm³/mol. The highest BCUT2D eigenvalue weighted by atomic mass is 19.1. The molecule has 7 heteroatoms. The van der Waals surface area contributed by atoms with Gasteiger partial charge >= 0.3 is 0 Å². The molecule has 2 unspecified atom stereocenters. The summed E-state index contributed by atoms with van der Waals surface area (Å²) in [5.41, 5.74) is 0. The number of hydrogen-bond acceptors (Lipinski definition) is 6. The van der Waals surface area contributed by atoms with E-state index in [0.29, 0.717) is 29.7 Å². The number of nitrogens with zero attached hydrogens (tertiary/aromatic N) is 3. The van der Waals surface area contributed by atoms with Crippen LogP contribution in [0.2, 0.25) is 0 Å². The number of aliphatic hydroxyl groups excluding tert-OH is 1. The first kappa shape index (κ1) is 19.1. The number of anilines is 1. The van der Waals surface area contributed by atoms with E-state index >= 15 is 0 Å². The highest BCUT2D eigenvalue weighted by Crippen LogP contribution is 2.27. The molecule has 2 aromatic rings. The molecule has 150 valence electrons. The number of likely N-dealkylation sites (tertiary alicyclic amines) is 1. The summed E-state index contributed by atoms with van der Waals surface area (Å²) in [5.74, 6) is 1.19. The van der Waals surface area contributed by atoms with Crippen molar-refractivity contribution >= 4 is 5.95 Å². The Morgan fingerprint density at radius 1 is 1.04 bits per heavy atom. The summed E-state index contributed by atoms with van der Waals surface area (Å²) < 4.78 is 18.7. The van der Waals surface area contributed by atoms with E-state index in [-0.39, 0.29) is 11.9 Å². The Bertz CT molecular complexity index is 765. The number of nitrogens with one attached hydrogen (secondary N) is 1. The minimum atomic E-state index is -0.301. The average Bonchev–Trinajstić information content (AvgIpc) is 2.71. The van der Waals surface area contributed by atoms with E-state index in [0.717, 1.165) is 45.2 Å². The molecular weight excluding hydrogens is 359 g/mol. The van der Waals surface area contributed by atoms with Crippen LogP contribution in [0.4, 0.5) is 10.3 Å². The van der Waals surface area contributed by atoms with Crippen LogP contribution in [-0.4, -0.2) is 51.3 Å². The van der Waals surface area contributed by atoms with Crippen molar-refractivity contribution in [3.63, 3.8) is 0 Å². The van der Waals surface area contributed by atoms with E-state index < -0.39 is 0 Å². The molecule has 2 N–H and O–H groups in total. The Balaban J connectivity index is 1.31. The first-order chi connectivity index (χ1) is 13.7. The van der Waals surface area contributed by atoms with Crippen LogP contribution in [0.3, 0.4) is 0 Å². The maximum Gasteiger partial charge on any atom is 0.226 e. The van der Waals surface area contributed by atoms with E-state index in [2.05, 4.69) is 20.2 Å². The van der Waals surface area contributed by atoms with Crippen LogP contribution in [-0.2, 0) is 0 Å². The summed E-state index contributed by atoms with van der Waals surface area (Å²) in [6.07, 6.45) is 7.86. The Kier molecular flexibility index (Phi) is 6.02. The molecule has 4 rings (SSSR count). The van der Waals surface area contributed by atoms with E-state index in [1.807, 2.05) is 0 Å². The molecule has 0 amide bonds. The lowest BCUT2D eigenvalue weighted by atomic mass is 9.89. The van der Waals surface area contributed by atoms with E-state index in [4.69, 9.17) is 4.74 Å². The van der Waals surface area contributed by atoms with Gasteiger partial charge in [-0.3, -0.25) is 4.90 Å². The first-order valence-electron chi connectivity index (χ1n) is 10.1. The maximum atomic E-state index is 13.0. The maximum absolute atomic E-state index is 13.0. The van der Waals surface area contributed by atoms with Crippen molar-refractivity contribution in [3.05, 3.63) is 42.3 Å². The monoisotopic (exact) mass is 386 g/mol. The van der Waals surface area contributed by atoms with Crippen molar-refractivity contribution in [1.29, 1.82) is 0 Å². The quantitative estimate of drug-likeness (QED) is 0.818. The van der Waals surface area contributed by atoms with Crippen molar-refractivity contribution in [2.24, 2.45) is 0 Å². The van der Waals surface area contributed by atoms with Crippen molar-refractivity contribution in [2.75, 3.05) is 18.4 Å². The molecule has 1 aliphatic carbocycles. The van der Waals surface area contributed by atoms with Crippen LogP contribution >= 0.6 is 0 Å². The fourth-order valence-electron chi connectivity index (χ4n) is 4.17. The summed E-state index contributed by atoms with van der Waals surface area (Å²) in [6.45, 7) is 1.95. The number of benzene rings is 1. The van der Waals surface area contributed by atoms with Crippen LogP contribution < -0.4 is 10.1 Å². The molecule has 2 heterocycles. The lowest BCUT2D eigenvalue weighted by molar-refractivity contribution is 0.00990. The molecule has 2 atom stereocenters. The molecule has 1 aromatic heterocycles. The second-order valence-corrected chi connectivity index (χ2v) is 7.65. The third-order valence-corrected chi connectivity index (χ3v) is 5.69. The van der Waals surface area contributed by atoms with Gasteiger partial charge in [-0.15, -0.1) is 0 Å². The van der Waals surface area contributed by atoms with Gasteiger partial charge in [0.05, 0.1) is 6.10 Å². The van der Waals surface area contributed by atoms with Gasteiger partial charge in [0.2, 0.25) is 11.8 Å². The number of aromatic nitrogens is 2. The second-order valence-electron chi connectivity index (χ2n) is 7.65. The van der Waals surface area contributed by atoms with Crippen LogP contribution in [0.25, 0.3) is 0 Å². The molecule has 0 spiro atoms. The van der Waals surface area contributed by atoms with Crippen LogP contribution in [0.15, 0.2) is 36.5 Å². The summed E-state index contributed by atoms with van der Waals surface area (Å²) in [5, 5.41) is 13.7. The minimum absolute atomic E-state index is 0.179. The molecule has 1 saturated carbocycles. The average molecular weight is 386 g/mol. The number of piperidine rings is 1. The zero-order chi connectivity index (χ0) is 19.3. The van der Waals surface area contributed by atoms with Gasteiger partial charge in [0.15, 0.2) is 0 Å². The van der Waals surface area contributed by atoms with Gasteiger partial charge in [-0.25, -0.2) is 9.37 Å². The lowest BCUT2D eigenvalue weighted by Gasteiger charge is -2.41. The van der Waals surface area contributed by atoms with Crippen molar-refractivity contribution in [3.8, 4) is 11.6 Å². The number of rotatable bonds is 5. The SMILES string of the molecule is OC1CCCCC1N1CCC(Nc2nccc(Oc3ccc(F)cc3)n2)CC1. The number of halogens is 1. The molecule has 2 aliphatic rings. The van der Waals surface area contributed by atoms with Gasteiger partial charge in [0.25, 0.3) is 0 Å². The van der Waals surface area contributed by atoms with Crippen LogP contribution in [0.1, 0.15) is 38.5 Å². The number of ether oxygens (including phenoxy) is 1. The Hall–Kier alpha value is -2.25. The number of hydrogen-bond donors (Lipinski definition) is 2. The van der Waals surface area contributed by atoms with Gasteiger partial charge in [-0.2, -0.15) is 4.98 Å². The Labute approximate surface area is 164 Å². The molecule has 1 aliphatic heterocycles. The highest BCUT2D eigenvalue weighted by molar-refractivity contribution is 5.32. The van der Waals surface area contributed by atoms with Crippen molar-refractivity contribution in [1.82, 2.24) is 14.9 Å². The molecule has 0 radical (unpaired) electrons. The zero-order valence-corrected chi connectivity index (χ0v) is 15.9. The molecule has 0 bridgehead atoms. The van der Waals surface area contributed by atoms with Gasteiger partial charge in [0, 0.05) is 37.4 Å². The highest BCUT2D eigenvalue weighted by Gasteiger charge is 2.31. The van der Waals surface area contributed by atoms with E-state index in [1.165, 1.54) is 18.6 Å². The largest absolute Gasteiger partial charge is 0.439 e. The van der Waals surface area contributed by atoms with Gasteiger partial charge in [-0.05, 0) is 49.9 Å². The predicted octanol–water partition coefficient (Wildman–Crippen LogP) is 3.59. The Morgan fingerprint density at radius 2 is 1.79 bits per heavy atom. The molecule has 6 nitrogen and oxygen atoms in total. The summed E-state index contributed by atoms with van der Waals surface area (Å²) in [6, 6.07) is 8.15. The third-order valence-electron chi connectivity index (χ3n) is 5.69. The van der Waals surface area contributed by atoms with Gasteiger partial charge in [0.1, 0.15) is 11.6 Å². The first-order valence-corrected chi connectivity index (χ1v) is 10.1. The smallest absolute Gasteiger partial charge is 0.226 e. The summed E-state index contributed by atoms with van der Waals surface area (Å²) >= 11 is 0. The van der Waals surface area contributed by atoms with E-state index in [9.17, 15) is 9.50 Å². The summed E-state index contributed by atoms with van der Waals surface area (Å²) in [7, 11) is 0. The molecule has 28 heavy (non-hydrogen) atoms. The van der Waals surface area contributed by atoms with Crippen molar-refractivity contribution in [2.45, 2.75) is 56.7 Å². The lowest BCUT2D eigenvalue weighted by Crippen LogP contribution is -2.50. The summed E-state index contributed by atoms with van der Waals surface area (Å²) in [4.78, 5) is 11.1. The molecular formula is C21H27FN4O2. The molecule has 1 aromatic carbocycles. The van der Waals surface area contributed by atoms with Gasteiger partial charge < -0.3 is 15.2 Å².